The molecule has 0 N–H and O–H groups in total. The summed E-state index contributed by atoms with van der Waals surface area (Å²) >= 11 is 1.81. The molecule has 2 saturated heterocycles. The van der Waals surface area contributed by atoms with Gasteiger partial charge in [-0.05, 0) is 71.5 Å². The molecule has 1 aromatic heterocycles. The van der Waals surface area contributed by atoms with Gasteiger partial charge in [-0.2, -0.15) is 11.3 Å². The Bertz CT molecular complexity index is 773. The molecular weight excluding hydrogens is 368 g/mol. The molecule has 0 amide bonds. The highest BCUT2D eigenvalue weighted by Gasteiger charge is 2.36. The Morgan fingerprint density at radius 3 is 2.89 bits per heavy atom. The van der Waals surface area contributed by atoms with E-state index in [1.807, 2.05) is 0 Å². The van der Waals surface area contributed by atoms with Crippen LogP contribution < -0.4 is 4.74 Å². The van der Waals surface area contributed by atoms with Gasteiger partial charge in [0.1, 0.15) is 5.75 Å². The average molecular weight is 399 g/mol. The Kier molecular flexibility index (Phi) is 5.68. The van der Waals surface area contributed by atoms with Crippen molar-refractivity contribution >= 4 is 11.3 Å². The van der Waals surface area contributed by atoms with Crippen molar-refractivity contribution in [2.75, 3.05) is 52.5 Å². The zero-order valence-electron chi connectivity index (χ0n) is 16.5. The van der Waals surface area contributed by atoms with Gasteiger partial charge in [0.05, 0.1) is 19.8 Å². The Morgan fingerprint density at radius 2 is 2.04 bits per heavy atom. The molecule has 5 rings (SSSR count). The first-order valence-electron chi connectivity index (χ1n) is 10.7. The zero-order chi connectivity index (χ0) is 18.8. The van der Waals surface area contributed by atoms with Gasteiger partial charge in [0.2, 0.25) is 0 Å². The highest BCUT2D eigenvalue weighted by Crippen LogP contribution is 2.45. The number of benzene rings is 1. The molecule has 4 heterocycles. The van der Waals surface area contributed by atoms with Gasteiger partial charge in [0.15, 0.2) is 0 Å². The van der Waals surface area contributed by atoms with E-state index >= 15 is 0 Å². The molecule has 1 aromatic carbocycles. The Morgan fingerprint density at radius 1 is 1.11 bits per heavy atom. The lowest BCUT2D eigenvalue weighted by atomic mass is 9.82. The van der Waals surface area contributed by atoms with Gasteiger partial charge < -0.3 is 9.47 Å². The number of nitrogens with zero attached hydrogens (tertiary/aromatic N) is 2. The van der Waals surface area contributed by atoms with Crippen LogP contribution in [0, 0.1) is 0 Å². The van der Waals surface area contributed by atoms with Gasteiger partial charge in [0, 0.05) is 38.1 Å². The van der Waals surface area contributed by atoms with E-state index in [1.165, 1.54) is 36.1 Å². The number of morpholine rings is 1. The first-order valence-corrected chi connectivity index (χ1v) is 11.7. The fraction of sp³-hybridized carbons (Fsp3) is 0.565. The number of rotatable bonds is 6. The summed E-state index contributed by atoms with van der Waals surface area (Å²) in [5.41, 5.74) is 4.49. The minimum Gasteiger partial charge on any atom is -0.494 e. The Hall–Kier alpha value is -1.40. The monoisotopic (exact) mass is 398 g/mol. The summed E-state index contributed by atoms with van der Waals surface area (Å²) in [5, 5.41) is 4.53. The van der Waals surface area contributed by atoms with Crippen LogP contribution in [0.25, 0.3) is 0 Å². The standard InChI is InChI=1S/C23H30N2O2S/c1-3-23-21-15-19(27-11-2-7-24-9-12-26-13-10-24)4-5-20(21)22(16-25(23)8-1)18-6-14-28-17-18/h4-6,14-15,17,22-23H,1-3,7-13,16H2/t22-,23+/m1/s1. The van der Waals surface area contributed by atoms with E-state index in [-0.39, 0.29) is 0 Å². The Balaban J connectivity index is 1.27. The summed E-state index contributed by atoms with van der Waals surface area (Å²) < 4.78 is 11.6. The number of thiophene rings is 1. The molecule has 0 unspecified atom stereocenters. The third kappa shape index (κ3) is 3.86. The van der Waals surface area contributed by atoms with Crippen LogP contribution >= 0.6 is 11.3 Å². The van der Waals surface area contributed by atoms with Crippen molar-refractivity contribution in [3.63, 3.8) is 0 Å². The van der Waals surface area contributed by atoms with Crippen LogP contribution in [0.4, 0.5) is 0 Å². The second-order valence-electron chi connectivity index (χ2n) is 8.21. The Labute approximate surface area is 172 Å². The van der Waals surface area contributed by atoms with Crippen molar-refractivity contribution in [1.82, 2.24) is 9.80 Å². The fourth-order valence-electron chi connectivity index (χ4n) is 5.04. The smallest absolute Gasteiger partial charge is 0.119 e. The topological polar surface area (TPSA) is 24.9 Å². The van der Waals surface area contributed by atoms with E-state index in [1.54, 1.807) is 11.3 Å². The molecule has 5 heteroatoms. The van der Waals surface area contributed by atoms with Crippen LogP contribution in [-0.4, -0.2) is 62.3 Å². The number of ether oxygens (including phenoxy) is 2. The summed E-state index contributed by atoms with van der Waals surface area (Å²) in [5.74, 6) is 1.55. The first kappa shape index (κ1) is 18.6. The molecule has 0 spiro atoms. The molecule has 2 fully saturated rings. The molecule has 28 heavy (non-hydrogen) atoms. The zero-order valence-corrected chi connectivity index (χ0v) is 17.3. The highest BCUT2D eigenvalue weighted by molar-refractivity contribution is 7.08. The summed E-state index contributed by atoms with van der Waals surface area (Å²) in [7, 11) is 0. The highest BCUT2D eigenvalue weighted by atomic mass is 32.1. The number of hydrogen-bond acceptors (Lipinski definition) is 5. The van der Waals surface area contributed by atoms with Crippen LogP contribution in [-0.2, 0) is 4.74 Å². The number of fused-ring (bicyclic) bond motifs is 3. The second-order valence-corrected chi connectivity index (χ2v) is 8.99. The maximum atomic E-state index is 6.16. The molecule has 0 bridgehead atoms. The lowest BCUT2D eigenvalue weighted by Gasteiger charge is -2.37. The van der Waals surface area contributed by atoms with E-state index in [0.29, 0.717) is 12.0 Å². The van der Waals surface area contributed by atoms with Crippen LogP contribution in [0.15, 0.2) is 35.0 Å². The van der Waals surface area contributed by atoms with Gasteiger partial charge in [-0.3, -0.25) is 9.80 Å². The molecule has 2 aromatic rings. The predicted octanol–water partition coefficient (Wildman–Crippen LogP) is 4.13. The fourth-order valence-corrected chi connectivity index (χ4v) is 5.75. The first-order chi connectivity index (χ1) is 13.9. The molecule has 0 saturated carbocycles. The van der Waals surface area contributed by atoms with Crippen LogP contribution in [0.2, 0.25) is 0 Å². The van der Waals surface area contributed by atoms with E-state index in [0.717, 1.165) is 58.2 Å². The van der Waals surface area contributed by atoms with Gasteiger partial charge in [-0.1, -0.05) is 6.07 Å². The van der Waals surface area contributed by atoms with Crippen molar-refractivity contribution in [2.24, 2.45) is 0 Å². The molecule has 3 aliphatic rings. The summed E-state index contributed by atoms with van der Waals surface area (Å²) in [6, 6.07) is 9.75. The maximum absolute atomic E-state index is 6.16. The molecular formula is C23H30N2O2S. The largest absolute Gasteiger partial charge is 0.494 e. The van der Waals surface area contributed by atoms with Gasteiger partial charge in [-0.25, -0.2) is 0 Å². The van der Waals surface area contributed by atoms with Crippen molar-refractivity contribution in [3.05, 3.63) is 51.7 Å². The lowest BCUT2D eigenvalue weighted by Crippen LogP contribution is -2.37. The normalized spacial score (nSPS) is 25.4. The minimum absolute atomic E-state index is 0.506. The molecule has 3 aliphatic heterocycles. The molecule has 2 atom stereocenters. The quantitative estimate of drug-likeness (QED) is 0.683. The third-order valence-electron chi connectivity index (χ3n) is 6.51. The molecule has 150 valence electrons. The van der Waals surface area contributed by atoms with Crippen molar-refractivity contribution in [1.29, 1.82) is 0 Å². The van der Waals surface area contributed by atoms with Crippen molar-refractivity contribution in [3.8, 4) is 5.75 Å². The van der Waals surface area contributed by atoms with E-state index in [4.69, 9.17) is 9.47 Å². The minimum atomic E-state index is 0.506. The molecule has 0 radical (unpaired) electrons. The SMILES string of the molecule is c1cc([C@H]2CN3CCC[C@H]3c3cc(OCCCN4CCOCC4)ccc32)cs1. The second kappa shape index (κ2) is 8.54. The summed E-state index contributed by atoms with van der Waals surface area (Å²) in [4.78, 5) is 5.16. The van der Waals surface area contributed by atoms with Crippen LogP contribution in [0.3, 0.4) is 0 Å². The summed E-state index contributed by atoms with van der Waals surface area (Å²) in [6.07, 6.45) is 3.67. The van der Waals surface area contributed by atoms with Crippen LogP contribution in [0.1, 0.15) is 47.9 Å². The van der Waals surface area contributed by atoms with E-state index in [9.17, 15) is 0 Å². The van der Waals surface area contributed by atoms with E-state index in [2.05, 4.69) is 44.8 Å². The van der Waals surface area contributed by atoms with Gasteiger partial charge in [0.25, 0.3) is 0 Å². The lowest BCUT2D eigenvalue weighted by molar-refractivity contribution is 0.0358. The van der Waals surface area contributed by atoms with Crippen LogP contribution in [0.5, 0.6) is 5.75 Å². The van der Waals surface area contributed by atoms with E-state index < -0.39 is 0 Å². The third-order valence-corrected chi connectivity index (χ3v) is 7.21. The van der Waals surface area contributed by atoms with Crippen molar-refractivity contribution in [2.45, 2.75) is 31.2 Å². The predicted molar refractivity (Wildman–Crippen MR) is 114 cm³/mol. The average Bonchev–Trinajstić information content (AvgIpc) is 3.43. The summed E-state index contributed by atoms with van der Waals surface area (Å²) in [6.45, 7) is 8.14. The van der Waals surface area contributed by atoms with Crippen molar-refractivity contribution < 1.29 is 9.47 Å². The van der Waals surface area contributed by atoms with Gasteiger partial charge >= 0.3 is 0 Å². The number of hydrogen-bond donors (Lipinski definition) is 0. The molecule has 4 nitrogen and oxygen atoms in total. The molecule has 0 aliphatic carbocycles. The maximum Gasteiger partial charge on any atom is 0.119 e. The van der Waals surface area contributed by atoms with Gasteiger partial charge in [-0.15, -0.1) is 0 Å².